The second-order valence-corrected chi connectivity index (χ2v) is 5.18. The number of nitrogens with zero attached hydrogens (tertiary/aromatic N) is 2. The largest absolute Gasteiger partial charge is 0.507 e. The predicted molar refractivity (Wildman–Crippen MR) is 71.1 cm³/mol. The topological polar surface area (TPSA) is 43.8 Å². The van der Waals surface area contributed by atoms with Gasteiger partial charge in [-0.05, 0) is 32.2 Å². The zero-order chi connectivity index (χ0) is 13.3. The first-order valence-electron chi connectivity index (χ1n) is 5.97. The molecule has 98 valence electrons. The molecule has 1 saturated heterocycles. The molecule has 1 N–H and O–H groups in total. The third-order valence-corrected chi connectivity index (χ3v) is 3.67. The van der Waals surface area contributed by atoms with E-state index in [2.05, 4.69) is 11.8 Å². The van der Waals surface area contributed by atoms with Gasteiger partial charge in [0.05, 0.1) is 5.56 Å². The van der Waals surface area contributed by atoms with Crippen LogP contribution in [0.3, 0.4) is 0 Å². The molecule has 1 heterocycles. The van der Waals surface area contributed by atoms with Gasteiger partial charge in [-0.2, -0.15) is 0 Å². The molecule has 0 spiro atoms. The molecule has 1 aliphatic rings. The predicted octanol–water partition coefficient (Wildman–Crippen LogP) is 1.82. The average Bonchev–Trinajstić information content (AvgIpc) is 2.32. The van der Waals surface area contributed by atoms with Crippen molar-refractivity contribution in [2.75, 3.05) is 26.7 Å². The third-order valence-electron chi connectivity index (χ3n) is 3.44. The number of rotatable bonds is 1. The van der Waals surface area contributed by atoms with Crippen LogP contribution in [-0.4, -0.2) is 53.5 Å². The summed E-state index contributed by atoms with van der Waals surface area (Å²) in [5, 5.41) is 10.2. The fourth-order valence-corrected chi connectivity index (χ4v) is 2.26. The van der Waals surface area contributed by atoms with Crippen LogP contribution in [0, 0.1) is 0 Å². The molecule has 1 aliphatic heterocycles. The summed E-state index contributed by atoms with van der Waals surface area (Å²) in [5.41, 5.74) is 0.316. The molecule has 1 aromatic rings. The highest BCUT2D eigenvalue weighted by atomic mass is 35.5. The number of aromatic hydroxyl groups is 1. The maximum atomic E-state index is 12.3. The van der Waals surface area contributed by atoms with E-state index in [1.54, 1.807) is 17.0 Å². The Hall–Kier alpha value is -1.26. The molecule has 1 atom stereocenters. The summed E-state index contributed by atoms with van der Waals surface area (Å²) in [6, 6.07) is 4.92. The standard InChI is InChI=1S/C13H17ClN2O2/c1-9-8-16(6-5-15(9)2)13(18)11-4-3-10(14)7-12(11)17/h3-4,7,9,17H,5-6,8H2,1-2H3. The van der Waals surface area contributed by atoms with Crippen LogP contribution in [0.2, 0.25) is 5.02 Å². The highest BCUT2D eigenvalue weighted by molar-refractivity contribution is 6.30. The first-order valence-corrected chi connectivity index (χ1v) is 6.35. The van der Waals surface area contributed by atoms with Crippen molar-refractivity contribution in [3.05, 3.63) is 28.8 Å². The van der Waals surface area contributed by atoms with Crippen LogP contribution in [-0.2, 0) is 0 Å². The molecule has 1 fully saturated rings. The fourth-order valence-electron chi connectivity index (χ4n) is 2.09. The van der Waals surface area contributed by atoms with Crippen molar-refractivity contribution in [2.45, 2.75) is 13.0 Å². The molecule has 0 aromatic heterocycles. The summed E-state index contributed by atoms with van der Waals surface area (Å²) < 4.78 is 0. The molecule has 1 unspecified atom stereocenters. The molecule has 0 saturated carbocycles. The van der Waals surface area contributed by atoms with E-state index in [9.17, 15) is 9.90 Å². The molecule has 0 aliphatic carbocycles. The van der Waals surface area contributed by atoms with Crippen LogP contribution < -0.4 is 0 Å². The van der Waals surface area contributed by atoms with Crippen LogP contribution in [0.25, 0.3) is 0 Å². The van der Waals surface area contributed by atoms with E-state index in [-0.39, 0.29) is 11.7 Å². The van der Waals surface area contributed by atoms with Gasteiger partial charge in [0, 0.05) is 30.7 Å². The van der Waals surface area contributed by atoms with Crippen molar-refractivity contribution in [1.82, 2.24) is 9.80 Å². The first-order chi connectivity index (χ1) is 8.49. The minimum absolute atomic E-state index is 0.0564. The molecule has 0 bridgehead atoms. The molecular weight excluding hydrogens is 252 g/mol. The van der Waals surface area contributed by atoms with E-state index in [1.807, 2.05) is 7.05 Å². The van der Waals surface area contributed by atoms with E-state index >= 15 is 0 Å². The number of phenolic OH excluding ortho intramolecular Hbond substituents is 1. The number of hydrogen-bond acceptors (Lipinski definition) is 3. The number of benzene rings is 1. The highest BCUT2D eigenvalue weighted by Gasteiger charge is 2.26. The smallest absolute Gasteiger partial charge is 0.257 e. The molecule has 18 heavy (non-hydrogen) atoms. The molecule has 4 nitrogen and oxygen atoms in total. The molecule has 1 amide bonds. The van der Waals surface area contributed by atoms with Crippen molar-refractivity contribution in [2.24, 2.45) is 0 Å². The highest BCUT2D eigenvalue weighted by Crippen LogP contribution is 2.24. The number of amides is 1. The lowest BCUT2D eigenvalue weighted by Gasteiger charge is -2.37. The van der Waals surface area contributed by atoms with Crippen molar-refractivity contribution >= 4 is 17.5 Å². The molecular formula is C13H17ClN2O2. The first kappa shape index (κ1) is 13.2. The zero-order valence-electron chi connectivity index (χ0n) is 10.6. The third kappa shape index (κ3) is 2.60. The van der Waals surface area contributed by atoms with Gasteiger partial charge in [0.15, 0.2) is 0 Å². The number of carbonyl (C=O) groups is 1. The van der Waals surface area contributed by atoms with Gasteiger partial charge < -0.3 is 14.9 Å². The quantitative estimate of drug-likeness (QED) is 0.845. The Balaban J connectivity index is 2.16. The van der Waals surface area contributed by atoms with Gasteiger partial charge in [-0.1, -0.05) is 11.6 Å². The van der Waals surface area contributed by atoms with Crippen LogP contribution in [0.5, 0.6) is 5.75 Å². The summed E-state index contributed by atoms with van der Waals surface area (Å²) in [4.78, 5) is 16.3. The van der Waals surface area contributed by atoms with Crippen LogP contribution in [0.15, 0.2) is 18.2 Å². The lowest BCUT2D eigenvalue weighted by molar-refractivity contribution is 0.0569. The Bertz CT molecular complexity index is 464. The van der Waals surface area contributed by atoms with Crippen molar-refractivity contribution < 1.29 is 9.90 Å². The fraction of sp³-hybridized carbons (Fsp3) is 0.462. The lowest BCUT2D eigenvalue weighted by atomic mass is 10.1. The Labute approximate surface area is 112 Å². The summed E-state index contributed by atoms with van der Waals surface area (Å²) in [7, 11) is 2.05. The number of halogens is 1. The molecule has 2 rings (SSSR count). The normalized spacial score (nSPS) is 21.1. The Morgan fingerprint density at radius 1 is 1.44 bits per heavy atom. The maximum absolute atomic E-state index is 12.3. The minimum Gasteiger partial charge on any atom is -0.507 e. The second kappa shape index (κ2) is 5.16. The Morgan fingerprint density at radius 3 is 2.78 bits per heavy atom. The molecule has 1 aromatic carbocycles. The number of likely N-dealkylation sites (N-methyl/N-ethyl adjacent to an activating group) is 1. The van der Waals surface area contributed by atoms with Crippen LogP contribution in [0.4, 0.5) is 0 Å². The van der Waals surface area contributed by atoms with Crippen LogP contribution in [0.1, 0.15) is 17.3 Å². The van der Waals surface area contributed by atoms with Gasteiger partial charge in [0.25, 0.3) is 5.91 Å². The minimum atomic E-state index is -0.135. The van der Waals surface area contributed by atoms with Gasteiger partial charge in [-0.25, -0.2) is 0 Å². The summed E-state index contributed by atoms with van der Waals surface area (Å²) in [5.74, 6) is -0.191. The zero-order valence-corrected chi connectivity index (χ0v) is 11.3. The summed E-state index contributed by atoms with van der Waals surface area (Å²) >= 11 is 5.76. The Morgan fingerprint density at radius 2 is 2.17 bits per heavy atom. The van der Waals surface area contributed by atoms with E-state index in [4.69, 9.17) is 11.6 Å². The average molecular weight is 269 g/mol. The van der Waals surface area contributed by atoms with E-state index < -0.39 is 0 Å². The van der Waals surface area contributed by atoms with Gasteiger partial charge in [0.2, 0.25) is 0 Å². The molecule has 5 heteroatoms. The second-order valence-electron chi connectivity index (χ2n) is 4.74. The lowest BCUT2D eigenvalue weighted by Crippen LogP contribution is -2.52. The van der Waals surface area contributed by atoms with Gasteiger partial charge in [-0.15, -0.1) is 0 Å². The van der Waals surface area contributed by atoms with Crippen molar-refractivity contribution in [3.63, 3.8) is 0 Å². The number of phenols is 1. The molecule has 0 radical (unpaired) electrons. The maximum Gasteiger partial charge on any atom is 0.257 e. The van der Waals surface area contributed by atoms with Crippen LogP contribution >= 0.6 is 11.6 Å². The summed E-state index contributed by atoms with van der Waals surface area (Å²) in [6.07, 6.45) is 0. The van der Waals surface area contributed by atoms with Gasteiger partial charge in [0.1, 0.15) is 5.75 Å². The van der Waals surface area contributed by atoms with E-state index in [1.165, 1.54) is 6.07 Å². The Kier molecular flexibility index (Phi) is 3.78. The number of carbonyl (C=O) groups excluding carboxylic acids is 1. The van der Waals surface area contributed by atoms with Gasteiger partial charge in [-0.3, -0.25) is 4.79 Å². The monoisotopic (exact) mass is 268 g/mol. The summed E-state index contributed by atoms with van der Waals surface area (Å²) in [6.45, 7) is 4.29. The van der Waals surface area contributed by atoms with E-state index in [0.29, 0.717) is 29.7 Å². The number of hydrogen-bond donors (Lipinski definition) is 1. The van der Waals surface area contributed by atoms with E-state index in [0.717, 1.165) is 6.54 Å². The van der Waals surface area contributed by atoms with Crippen molar-refractivity contribution in [3.8, 4) is 5.75 Å². The SMILES string of the molecule is CC1CN(C(=O)c2ccc(Cl)cc2O)CCN1C. The number of piperazine rings is 1. The van der Waals surface area contributed by atoms with Crippen molar-refractivity contribution in [1.29, 1.82) is 0 Å². The van der Waals surface area contributed by atoms with Gasteiger partial charge >= 0.3 is 0 Å².